The molecule has 4 aromatic rings. The number of benzene rings is 3. The molecule has 0 aliphatic carbocycles. The summed E-state index contributed by atoms with van der Waals surface area (Å²) in [5, 5.41) is 25.7. The van der Waals surface area contributed by atoms with Crippen molar-refractivity contribution in [2.24, 2.45) is 0 Å². The number of amides is 2. The molecule has 0 aliphatic rings. The molecule has 1 aromatic heterocycles. The molecular formula is C36H41N3O6. The highest BCUT2D eigenvalue weighted by Gasteiger charge is 2.28. The number of anilines is 2. The summed E-state index contributed by atoms with van der Waals surface area (Å²) in [6.07, 6.45) is -0.00438. The van der Waals surface area contributed by atoms with Gasteiger partial charge in [0.05, 0.1) is 6.42 Å². The lowest BCUT2D eigenvalue weighted by Crippen LogP contribution is -2.17. The SMILES string of the molecule is CCC(=O)Nc1ccc(-c2nc(-c3cc(C(C)(C)C)c(O)c(C(C)(C)C)c3)oc2-c2ccc(NC(=O)CCC(=O)O)cc2)cc1. The molecule has 0 unspecified atom stereocenters. The Balaban J connectivity index is 1.82. The van der Waals surface area contributed by atoms with E-state index in [1.54, 1.807) is 31.2 Å². The standard InChI is InChI=1S/C36H41N3O6/c1-8-28(40)37-24-13-9-21(10-14-24)31-33(22-11-15-25(16-12-22)38-29(41)17-18-30(42)43)45-34(39-31)23-19-26(35(2,3)4)32(44)27(20-23)36(5,6)7/h9-16,19-20,44H,8,17-18H2,1-7H3,(H,37,40)(H,38,41)(H,42,43). The minimum absolute atomic E-state index is 0.0843. The lowest BCUT2D eigenvalue weighted by molar-refractivity contribution is -0.138. The van der Waals surface area contributed by atoms with Crippen LogP contribution in [0.1, 0.15) is 78.9 Å². The first-order chi connectivity index (χ1) is 21.1. The van der Waals surface area contributed by atoms with Gasteiger partial charge in [-0.05, 0) is 59.4 Å². The van der Waals surface area contributed by atoms with Crippen molar-refractivity contribution in [1.29, 1.82) is 0 Å². The summed E-state index contributed by atoms with van der Waals surface area (Å²) in [6, 6.07) is 18.2. The molecule has 0 bridgehead atoms. The van der Waals surface area contributed by atoms with Crippen LogP contribution in [-0.2, 0) is 25.2 Å². The van der Waals surface area contributed by atoms with Gasteiger partial charge in [0.15, 0.2) is 5.76 Å². The Hall–Kier alpha value is -4.92. The Morgan fingerprint density at radius 3 is 1.69 bits per heavy atom. The third kappa shape index (κ3) is 7.98. The fourth-order valence-electron chi connectivity index (χ4n) is 4.85. The number of rotatable bonds is 9. The zero-order valence-corrected chi connectivity index (χ0v) is 26.9. The number of hydrogen-bond acceptors (Lipinski definition) is 6. The number of phenolic OH excluding ortho intramolecular Hbond substituents is 1. The summed E-state index contributed by atoms with van der Waals surface area (Å²) in [6.45, 7) is 14.1. The number of phenols is 1. The second-order valence-corrected chi connectivity index (χ2v) is 13.1. The molecule has 9 heteroatoms. The average Bonchev–Trinajstić information content (AvgIpc) is 3.41. The first-order valence-electron chi connectivity index (χ1n) is 15.0. The van der Waals surface area contributed by atoms with Gasteiger partial charge in [-0.25, -0.2) is 4.98 Å². The van der Waals surface area contributed by atoms with Crippen molar-refractivity contribution >= 4 is 29.2 Å². The maximum Gasteiger partial charge on any atom is 0.303 e. The third-order valence-electron chi connectivity index (χ3n) is 7.36. The lowest BCUT2D eigenvalue weighted by atomic mass is 9.78. The maximum absolute atomic E-state index is 12.2. The van der Waals surface area contributed by atoms with Gasteiger partial charge in [-0.2, -0.15) is 0 Å². The zero-order chi connectivity index (χ0) is 33.1. The van der Waals surface area contributed by atoms with Gasteiger partial charge >= 0.3 is 5.97 Å². The van der Waals surface area contributed by atoms with Crippen LogP contribution in [0.3, 0.4) is 0 Å². The molecular weight excluding hydrogens is 570 g/mol. The van der Waals surface area contributed by atoms with E-state index in [4.69, 9.17) is 14.5 Å². The monoisotopic (exact) mass is 611 g/mol. The number of carbonyl (C=O) groups excluding carboxylic acids is 2. The number of carboxylic acids is 1. The quantitative estimate of drug-likeness (QED) is 0.150. The summed E-state index contributed by atoms with van der Waals surface area (Å²) in [5.41, 5.74) is 4.85. The first kappa shape index (κ1) is 33.0. The van der Waals surface area contributed by atoms with Crippen molar-refractivity contribution in [3.8, 4) is 39.8 Å². The van der Waals surface area contributed by atoms with Gasteiger partial charge < -0.3 is 25.3 Å². The van der Waals surface area contributed by atoms with Crippen LogP contribution in [0.2, 0.25) is 0 Å². The van der Waals surface area contributed by atoms with Gasteiger partial charge in [0.1, 0.15) is 11.4 Å². The van der Waals surface area contributed by atoms with Crippen LogP contribution >= 0.6 is 0 Å². The van der Waals surface area contributed by atoms with Gasteiger partial charge in [-0.15, -0.1) is 0 Å². The predicted molar refractivity (Wildman–Crippen MR) is 176 cm³/mol. The molecule has 4 rings (SSSR count). The number of carbonyl (C=O) groups is 3. The summed E-state index contributed by atoms with van der Waals surface area (Å²) >= 11 is 0. The Morgan fingerprint density at radius 1 is 0.733 bits per heavy atom. The summed E-state index contributed by atoms with van der Waals surface area (Å²) in [7, 11) is 0. The normalized spacial score (nSPS) is 11.7. The van der Waals surface area contributed by atoms with Crippen LogP contribution in [0.4, 0.5) is 11.4 Å². The molecule has 0 saturated carbocycles. The zero-order valence-electron chi connectivity index (χ0n) is 26.9. The Morgan fingerprint density at radius 2 is 1.22 bits per heavy atom. The minimum Gasteiger partial charge on any atom is -0.507 e. The van der Waals surface area contributed by atoms with E-state index in [2.05, 4.69) is 10.6 Å². The van der Waals surface area contributed by atoms with E-state index in [9.17, 15) is 19.5 Å². The van der Waals surface area contributed by atoms with E-state index in [0.29, 0.717) is 40.7 Å². The third-order valence-corrected chi connectivity index (χ3v) is 7.36. The van der Waals surface area contributed by atoms with Gasteiger partial charge in [0.25, 0.3) is 0 Å². The topological polar surface area (TPSA) is 142 Å². The molecule has 4 N–H and O–H groups in total. The van der Waals surface area contributed by atoms with Crippen molar-refractivity contribution in [2.45, 2.75) is 78.6 Å². The number of oxazole rings is 1. The fourth-order valence-corrected chi connectivity index (χ4v) is 4.85. The van der Waals surface area contributed by atoms with E-state index in [1.165, 1.54) is 0 Å². The molecule has 0 radical (unpaired) electrons. The van der Waals surface area contributed by atoms with E-state index < -0.39 is 5.97 Å². The molecule has 2 amide bonds. The lowest BCUT2D eigenvalue weighted by Gasteiger charge is -2.27. The van der Waals surface area contributed by atoms with Crippen LogP contribution in [0.25, 0.3) is 34.0 Å². The molecule has 0 aliphatic heterocycles. The number of carboxylic acid groups (broad SMARTS) is 1. The van der Waals surface area contributed by atoms with E-state index in [1.807, 2.05) is 77.9 Å². The van der Waals surface area contributed by atoms with Crippen LogP contribution in [0.15, 0.2) is 65.1 Å². The Labute approximate surface area is 263 Å². The molecule has 0 fully saturated rings. The van der Waals surface area contributed by atoms with Crippen molar-refractivity contribution in [3.05, 3.63) is 71.8 Å². The van der Waals surface area contributed by atoms with Gasteiger partial charge in [-0.1, -0.05) is 60.6 Å². The van der Waals surface area contributed by atoms with Gasteiger partial charge in [-0.3, -0.25) is 14.4 Å². The number of aliphatic carboxylic acids is 1. The Bertz CT molecular complexity index is 1670. The predicted octanol–water partition coefficient (Wildman–Crippen LogP) is 8.13. The second-order valence-electron chi connectivity index (χ2n) is 13.1. The number of nitrogens with one attached hydrogen (secondary N) is 2. The van der Waals surface area contributed by atoms with Crippen molar-refractivity contribution in [2.75, 3.05) is 10.6 Å². The molecule has 45 heavy (non-hydrogen) atoms. The van der Waals surface area contributed by atoms with Crippen LogP contribution in [-0.4, -0.2) is 33.0 Å². The summed E-state index contributed by atoms with van der Waals surface area (Å²) < 4.78 is 6.50. The highest BCUT2D eigenvalue weighted by atomic mass is 16.4. The molecule has 9 nitrogen and oxygen atoms in total. The smallest absolute Gasteiger partial charge is 0.303 e. The molecule has 0 saturated heterocycles. The number of hydrogen-bond donors (Lipinski definition) is 4. The van der Waals surface area contributed by atoms with E-state index in [0.717, 1.165) is 22.3 Å². The Kier molecular flexibility index (Phi) is 9.51. The molecule has 236 valence electrons. The van der Waals surface area contributed by atoms with Crippen molar-refractivity contribution in [3.63, 3.8) is 0 Å². The average molecular weight is 612 g/mol. The van der Waals surface area contributed by atoms with Crippen LogP contribution in [0.5, 0.6) is 5.75 Å². The number of aromatic hydroxyl groups is 1. The molecule has 3 aromatic carbocycles. The van der Waals surface area contributed by atoms with Crippen molar-refractivity contribution in [1.82, 2.24) is 4.98 Å². The minimum atomic E-state index is -1.03. The second kappa shape index (κ2) is 13.0. The largest absolute Gasteiger partial charge is 0.507 e. The van der Waals surface area contributed by atoms with E-state index in [-0.39, 0.29) is 41.2 Å². The maximum atomic E-state index is 12.2. The van der Waals surface area contributed by atoms with Gasteiger partial charge in [0.2, 0.25) is 17.7 Å². The molecule has 0 atom stereocenters. The number of aromatic nitrogens is 1. The van der Waals surface area contributed by atoms with Crippen LogP contribution in [0, 0.1) is 0 Å². The number of nitrogens with zero attached hydrogens (tertiary/aromatic N) is 1. The summed E-state index contributed by atoms with van der Waals surface area (Å²) in [4.78, 5) is 39.8. The van der Waals surface area contributed by atoms with E-state index >= 15 is 0 Å². The highest BCUT2D eigenvalue weighted by molar-refractivity contribution is 5.93. The van der Waals surface area contributed by atoms with Gasteiger partial charge in [0, 0.05) is 52.0 Å². The fraction of sp³-hybridized carbons (Fsp3) is 0.333. The molecule has 0 spiro atoms. The molecule has 1 heterocycles. The van der Waals surface area contributed by atoms with Crippen molar-refractivity contribution < 1.29 is 29.0 Å². The first-order valence-corrected chi connectivity index (χ1v) is 15.0. The highest BCUT2D eigenvalue weighted by Crippen LogP contribution is 2.43. The van der Waals surface area contributed by atoms with Crippen LogP contribution < -0.4 is 10.6 Å². The summed E-state index contributed by atoms with van der Waals surface area (Å²) in [5.74, 6) is -0.366.